The van der Waals surface area contributed by atoms with Gasteiger partial charge < -0.3 is 5.73 Å². The zero-order valence-electron chi connectivity index (χ0n) is 4.10. The predicted molar refractivity (Wildman–Crippen MR) is 29.0 cm³/mol. The highest BCUT2D eigenvalue weighted by molar-refractivity contribution is 5.77. The standard InChI is InChI=1S/C3H8N2.B/c1-3(4)5-2;/h1-2H3,(H2,4,5);. The number of hydrogen-bond donors (Lipinski definition) is 1. The molecule has 0 bridgehead atoms. The Morgan fingerprint density at radius 3 is 1.83 bits per heavy atom. The molecule has 0 aromatic carbocycles. The van der Waals surface area contributed by atoms with E-state index in [4.69, 9.17) is 5.73 Å². The summed E-state index contributed by atoms with van der Waals surface area (Å²) >= 11 is 0. The molecule has 0 aliphatic rings. The summed E-state index contributed by atoms with van der Waals surface area (Å²) < 4.78 is 0. The summed E-state index contributed by atoms with van der Waals surface area (Å²) in [6.45, 7) is 1.75. The first-order valence-corrected chi connectivity index (χ1v) is 1.46. The molecule has 2 nitrogen and oxygen atoms in total. The van der Waals surface area contributed by atoms with Crippen LogP contribution in [0, 0.1) is 0 Å². The first-order chi connectivity index (χ1) is 2.27. The lowest BCUT2D eigenvalue weighted by Gasteiger charge is -1.76. The van der Waals surface area contributed by atoms with Gasteiger partial charge in [-0.3, -0.25) is 4.99 Å². The average molecular weight is 82.9 g/mol. The minimum absolute atomic E-state index is 0. The highest BCUT2D eigenvalue weighted by Crippen LogP contribution is 1.52. The fraction of sp³-hybridized carbons (Fsp3) is 0.667. The summed E-state index contributed by atoms with van der Waals surface area (Å²) in [5.41, 5.74) is 5.04. The number of rotatable bonds is 0. The molecule has 0 aliphatic heterocycles. The molecule has 3 radical (unpaired) electrons. The van der Waals surface area contributed by atoms with E-state index in [1.54, 1.807) is 14.0 Å². The van der Waals surface area contributed by atoms with Gasteiger partial charge in [-0.1, -0.05) is 0 Å². The smallest absolute Gasteiger partial charge is 0.0902 e. The monoisotopic (exact) mass is 83.1 g/mol. The molecule has 3 heteroatoms. The Hall–Kier alpha value is -0.465. The Labute approximate surface area is 40.0 Å². The summed E-state index contributed by atoms with van der Waals surface area (Å²) in [6, 6.07) is 0. The van der Waals surface area contributed by atoms with Crippen LogP contribution in [-0.4, -0.2) is 21.3 Å². The van der Waals surface area contributed by atoms with Gasteiger partial charge in [-0.15, -0.1) is 0 Å². The second-order valence-electron chi connectivity index (χ2n) is 0.865. The number of nitrogens with two attached hydrogens (primary N) is 1. The predicted octanol–water partition coefficient (Wildman–Crippen LogP) is -0.387. The van der Waals surface area contributed by atoms with Gasteiger partial charge in [0.05, 0.1) is 5.84 Å². The van der Waals surface area contributed by atoms with Crippen molar-refractivity contribution in [1.29, 1.82) is 0 Å². The first kappa shape index (κ1) is 9.11. The van der Waals surface area contributed by atoms with Gasteiger partial charge in [0, 0.05) is 15.5 Å². The molecule has 6 heavy (non-hydrogen) atoms. The van der Waals surface area contributed by atoms with Crippen LogP contribution in [0.5, 0.6) is 0 Å². The summed E-state index contributed by atoms with van der Waals surface area (Å²) in [7, 11) is 1.66. The second-order valence-corrected chi connectivity index (χ2v) is 0.865. The molecule has 0 heterocycles. The van der Waals surface area contributed by atoms with Gasteiger partial charge in [0.15, 0.2) is 0 Å². The SMILES string of the molecule is CN=C(C)N.[B]. The summed E-state index contributed by atoms with van der Waals surface area (Å²) in [6.07, 6.45) is 0. The molecule has 0 rings (SSSR count). The Balaban J connectivity index is 0. The quantitative estimate of drug-likeness (QED) is 0.242. The second kappa shape index (κ2) is 4.53. The highest BCUT2D eigenvalue weighted by atomic mass is 14.8. The maximum atomic E-state index is 5.04. The van der Waals surface area contributed by atoms with Crippen molar-refractivity contribution < 1.29 is 0 Å². The van der Waals surface area contributed by atoms with Crippen LogP contribution >= 0.6 is 0 Å². The number of hydrogen-bond acceptors (Lipinski definition) is 1. The van der Waals surface area contributed by atoms with Gasteiger partial charge in [0.2, 0.25) is 0 Å². The average Bonchev–Trinajstić information content (AvgIpc) is 1.38. The summed E-state index contributed by atoms with van der Waals surface area (Å²) in [4.78, 5) is 3.58. The number of aliphatic imine (C=N–C) groups is 1. The van der Waals surface area contributed by atoms with Gasteiger partial charge in [-0.2, -0.15) is 0 Å². The molecule has 0 saturated carbocycles. The lowest BCUT2D eigenvalue weighted by Crippen LogP contribution is -2.03. The molecule has 0 amide bonds. The van der Waals surface area contributed by atoms with E-state index in [1.807, 2.05) is 0 Å². The molecular formula is C3H8BN2. The normalized spacial score (nSPS) is 10.0. The minimum atomic E-state index is 0. The van der Waals surface area contributed by atoms with Crippen molar-refractivity contribution in [2.45, 2.75) is 6.92 Å². The lowest BCUT2D eigenvalue weighted by molar-refractivity contribution is 1.38. The van der Waals surface area contributed by atoms with Crippen LogP contribution in [0.25, 0.3) is 0 Å². The van der Waals surface area contributed by atoms with E-state index >= 15 is 0 Å². The van der Waals surface area contributed by atoms with E-state index in [0.717, 1.165) is 0 Å². The summed E-state index contributed by atoms with van der Waals surface area (Å²) in [5, 5.41) is 0. The van der Waals surface area contributed by atoms with Crippen LogP contribution in [0.4, 0.5) is 0 Å². The zero-order chi connectivity index (χ0) is 4.28. The van der Waals surface area contributed by atoms with Crippen molar-refractivity contribution in [3.63, 3.8) is 0 Å². The third-order valence-electron chi connectivity index (χ3n) is 0.353. The van der Waals surface area contributed by atoms with Crippen molar-refractivity contribution in [1.82, 2.24) is 0 Å². The lowest BCUT2D eigenvalue weighted by atomic mass is 10.7. The molecule has 2 N–H and O–H groups in total. The first-order valence-electron chi connectivity index (χ1n) is 1.46. The van der Waals surface area contributed by atoms with Crippen LogP contribution < -0.4 is 5.73 Å². The zero-order valence-corrected chi connectivity index (χ0v) is 4.10. The van der Waals surface area contributed by atoms with Crippen LogP contribution in [0.2, 0.25) is 0 Å². The van der Waals surface area contributed by atoms with Gasteiger partial charge in [-0.25, -0.2) is 0 Å². The van der Waals surface area contributed by atoms with Crippen molar-refractivity contribution in [2.75, 3.05) is 7.05 Å². The number of nitrogens with zero attached hydrogens (tertiary/aromatic N) is 1. The maximum absolute atomic E-state index is 5.04. The minimum Gasteiger partial charge on any atom is -0.388 e. The van der Waals surface area contributed by atoms with E-state index in [-0.39, 0.29) is 8.41 Å². The highest BCUT2D eigenvalue weighted by Gasteiger charge is 1.61. The molecule has 0 fully saturated rings. The molecule has 0 aromatic rings. The Bertz CT molecular complexity index is 46.8. The Kier molecular flexibility index (Phi) is 6.89. The fourth-order valence-electron chi connectivity index (χ4n) is 0. The summed E-state index contributed by atoms with van der Waals surface area (Å²) in [5.74, 6) is 0.630. The van der Waals surface area contributed by atoms with E-state index < -0.39 is 0 Å². The van der Waals surface area contributed by atoms with Crippen molar-refractivity contribution in [3.8, 4) is 0 Å². The van der Waals surface area contributed by atoms with Gasteiger partial charge in [0.25, 0.3) is 0 Å². The van der Waals surface area contributed by atoms with Crippen LogP contribution in [-0.2, 0) is 0 Å². The molecule has 33 valence electrons. The van der Waals surface area contributed by atoms with E-state index in [2.05, 4.69) is 4.99 Å². The van der Waals surface area contributed by atoms with Crippen molar-refractivity contribution in [2.24, 2.45) is 10.7 Å². The molecular weight excluding hydrogens is 74.9 g/mol. The van der Waals surface area contributed by atoms with Crippen molar-refractivity contribution in [3.05, 3.63) is 0 Å². The molecule has 0 aliphatic carbocycles. The maximum Gasteiger partial charge on any atom is 0.0902 e. The van der Waals surface area contributed by atoms with E-state index in [1.165, 1.54) is 0 Å². The van der Waals surface area contributed by atoms with Crippen molar-refractivity contribution >= 4 is 14.2 Å². The van der Waals surface area contributed by atoms with Gasteiger partial charge >= 0.3 is 0 Å². The van der Waals surface area contributed by atoms with Crippen LogP contribution in [0.1, 0.15) is 6.92 Å². The largest absolute Gasteiger partial charge is 0.388 e. The van der Waals surface area contributed by atoms with Gasteiger partial charge in [0.1, 0.15) is 0 Å². The Morgan fingerprint density at radius 2 is 1.83 bits per heavy atom. The van der Waals surface area contributed by atoms with E-state index in [9.17, 15) is 0 Å². The molecule has 0 unspecified atom stereocenters. The molecule has 0 spiro atoms. The fourth-order valence-corrected chi connectivity index (χ4v) is 0. The van der Waals surface area contributed by atoms with E-state index in [0.29, 0.717) is 5.84 Å². The third-order valence-corrected chi connectivity index (χ3v) is 0.353. The van der Waals surface area contributed by atoms with Crippen LogP contribution in [0.15, 0.2) is 4.99 Å². The molecule has 0 saturated heterocycles. The molecule has 0 aromatic heterocycles. The Morgan fingerprint density at radius 1 is 1.67 bits per heavy atom. The third kappa shape index (κ3) is 9.64. The number of amidine groups is 1. The van der Waals surface area contributed by atoms with Gasteiger partial charge in [-0.05, 0) is 6.92 Å². The topological polar surface area (TPSA) is 38.4 Å². The molecule has 0 atom stereocenters. The van der Waals surface area contributed by atoms with Crippen LogP contribution in [0.3, 0.4) is 0 Å².